The highest BCUT2D eigenvalue weighted by molar-refractivity contribution is 7.99. The molecule has 7 heteroatoms. The van der Waals surface area contributed by atoms with E-state index in [1.54, 1.807) is 7.11 Å². The Bertz CT molecular complexity index is 1160. The zero-order valence-electron chi connectivity index (χ0n) is 17.3. The Morgan fingerprint density at radius 2 is 1.55 bits per heavy atom. The summed E-state index contributed by atoms with van der Waals surface area (Å²) in [4.78, 5) is 12.4. The fourth-order valence-corrected chi connectivity index (χ4v) is 3.85. The second-order valence-electron chi connectivity index (χ2n) is 6.87. The maximum atomic E-state index is 12.4. The predicted octanol–water partition coefficient (Wildman–Crippen LogP) is 4.89. The molecule has 0 aliphatic rings. The first-order valence-electron chi connectivity index (χ1n) is 9.76. The molecule has 3 aromatic carbocycles. The van der Waals surface area contributed by atoms with Crippen molar-refractivity contribution in [1.82, 2.24) is 14.8 Å². The fraction of sp³-hybridized carbons (Fsp3) is 0.125. The number of ether oxygens (including phenoxy) is 1. The van der Waals surface area contributed by atoms with Crippen molar-refractivity contribution < 1.29 is 9.53 Å². The molecule has 1 N–H and O–H groups in total. The molecule has 0 bridgehead atoms. The number of hydrogen-bond acceptors (Lipinski definition) is 5. The van der Waals surface area contributed by atoms with Crippen molar-refractivity contribution in [3.8, 4) is 28.3 Å². The number of carbonyl (C=O) groups excluding carboxylic acids is 1. The highest BCUT2D eigenvalue weighted by Crippen LogP contribution is 2.25. The van der Waals surface area contributed by atoms with E-state index < -0.39 is 0 Å². The van der Waals surface area contributed by atoms with Crippen molar-refractivity contribution in [2.45, 2.75) is 5.16 Å². The molecule has 0 saturated carbocycles. The molecular formula is C24H22N4O2S. The van der Waals surface area contributed by atoms with Crippen LogP contribution in [0.3, 0.4) is 0 Å². The molecule has 156 valence electrons. The van der Waals surface area contributed by atoms with Gasteiger partial charge in [0.05, 0.1) is 12.9 Å². The van der Waals surface area contributed by atoms with Crippen LogP contribution in [0, 0.1) is 0 Å². The average Bonchev–Trinajstić information content (AvgIpc) is 3.19. The molecule has 0 radical (unpaired) electrons. The van der Waals surface area contributed by atoms with Crippen LogP contribution in [-0.4, -0.2) is 33.5 Å². The Labute approximate surface area is 185 Å². The van der Waals surface area contributed by atoms with Crippen LogP contribution >= 0.6 is 11.8 Å². The van der Waals surface area contributed by atoms with Crippen LogP contribution < -0.4 is 10.1 Å². The summed E-state index contributed by atoms with van der Waals surface area (Å²) >= 11 is 1.35. The zero-order chi connectivity index (χ0) is 21.6. The van der Waals surface area contributed by atoms with Gasteiger partial charge in [-0.15, -0.1) is 10.2 Å². The quantitative estimate of drug-likeness (QED) is 0.423. The van der Waals surface area contributed by atoms with Gasteiger partial charge in [-0.2, -0.15) is 0 Å². The topological polar surface area (TPSA) is 69.0 Å². The van der Waals surface area contributed by atoms with Crippen molar-refractivity contribution in [3.05, 3.63) is 78.9 Å². The summed E-state index contributed by atoms with van der Waals surface area (Å²) in [6, 6.07) is 25.6. The lowest BCUT2D eigenvalue weighted by Crippen LogP contribution is -2.14. The van der Waals surface area contributed by atoms with E-state index in [1.165, 1.54) is 11.8 Å². The lowest BCUT2D eigenvalue weighted by Gasteiger charge is -2.07. The lowest BCUT2D eigenvalue weighted by atomic mass is 10.1. The number of hydrogen-bond donors (Lipinski definition) is 1. The van der Waals surface area contributed by atoms with Gasteiger partial charge in [-0.25, -0.2) is 0 Å². The SMILES string of the molecule is COc1ccc(-c2nnc(SCC(=O)Nc3ccc(-c4ccccc4)cc3)n2C)cc1. The number of benzene rings is 3. The number of nitrogens with one attached hydrogen (secondary N) is 1. The molecule has 31 heavy (non-hydrogen) atoms. The van der Waals surface area contributed by atoms with Gasteiger partial charge in [-0.05, 0) is 47.5 Å². The van der Waals surface area contributed by atoms with Crippen molar-refractivity contribution in [3.63, 3.8) is 0 Å². The van der Waals surface area contributed by atoms with Crippen LogP contribution in [0.5, 0.6) is 5.75 Å². The minimum absolute atomic E-state index is 0.0912. The van der Waals surface area contributed by atoms with Gasteiger partial charge in [-0.3, -0.25) is 4.79 Å². The molecule has 1 aromatic heterocycles. The number of anilines is 1. The molecular weight excluding hydrogens is 408 g/mol. The number of rotatable bonds is 7. The normalized spacial score (nSPS) is 10.6. The molecule has 4 aromatic rings. The van der Waals surface area contributed by atoms with Crippen LogP contribution in [0.2, 0.25) is 0 Å². The van der Waals surface area contributed by atoms with E-state index in [9.17, 15) is 4.79 Å². The summed E-state index contributed by atoms with van der Waals surface area (Å²) < 4.78 is 7.08. The first-order chi connectivity index (χ1) is 15.1. The molecule has 0 aliphatic heterocycles. The third-order valence-electron chi connectivity index (χ3n) is 4.79. The number of methoxy groups -OCH3 is 1. The predicted molar refractivity (Wildman–Crippen MR) is 124 cm³/mol. The number of thioether (sulfide) groups is 1. The van der Waals surface area contributed by atoms with E-state index in [0.29, 0.717) is 5.16 Å². The smallest absolute Gasteiger partial charge is 0.234 e. The molecule has 0 fully saturated rings. The summed E-state index contributed by atoms with van der Waals surface area (Å²) in [5.74, 6) is 1.68. The van der Waals surface area contributed by atoms with Gasteiger partial charge in [0.15, 0.2) is 11.0 Å². The number of amides is 1. The zero-order valence-corrected chi connectivity index (χ0v) is 18.1. The van der Waals surface area contributed by atoms with Gasteiger partial charge in [-0.1, -0.05) is 54.2 Å². The van der Waals surface area contributed by atoms with Gasteiger partial charge in [0, 0.05) is 18.3 Å². The van der Waals surface area contributed by atoms with Gasteiger partial charge in [0.1, 0.15) is 5.75 Å². The molecule has 4 rings (SSSR count). The number of aromatic nitrogens is 3. The molecule has 0 saturated heterocycles. The molecule has 1 heterocycles. The first kappa shape index (κ1) is 20.7. The second kappa shape index (κ2) is 9.49. The molecule has 6 nitrogen and oxygen atoms in total. The average molecular weight is 431 g/mol. The maximum Gasteiger partial charge on any atom is 0.234 e. The van der Waals surface area contributed by atoms with Gasteiger partial charge >= 0.3 is 0 Å². The van der Waals surface area contributed by atoms with Gasteiger partial charge in [0.25, 0.3) is 0 Å². The van der Waals surface area contributed by atoms with Crippen molar-refractivity contribution in [2.75, 3.05) is 18.2 Å². The highest BCUT2D eigenvalue weighted by Gasteiger charge is 2.13. The van der Waals surface area contributed by atoms with Crippen LogP contribution in [0.4, 0.5) is 5.69 Å². The van der Waals surface area contributed by atoms with Crippen LogP contribution in [0.1, 0.15) is 0 Å². The molecule has 1 amide bonds. The standard InChI is InChI=1S/C24H22N4O2S/c1-28-23(19-10-14-21(30-2)15-11-19)26-27-24(28)31-16-22(29)25-20-12-8-18(9-13-20)17-6-4-3-5-7-17/h3-15H,16H2,1-2H3,(H,25,29). The van der Waals surface area contributed by atoms with Crippen molar-refractivity contribution >= 4 is 23.4 Å². The van der Waals surface area contributed by atoms with Crippen LogP contribution in [0.25, 0.3) is 22.5 Å². The molecule has 0 atom stereocenters. The van der Waals surface area contributed by atoms with Crippen molar-refractivity contribution in [1.29, 1.82) is 0 Å². The third-order valence-corrected chi connectivity index (χ3v) is 5.81. The summed E-state index contributed by atoms with van der Waals surface area (Å²) in [6.45, 7) is 0. The second-order valence-corrected chi connectivity index (χ2v) is 7.82. The molecule has 0 spiro atoms. The van der Waals surface area contributed by atoms with E-state index >= 15 is 0 Å². The lowest BCUT2D eigenvalue weighted by molar-refractivity contribution is -0.113. The van der Waals surface area contributed by atoms with E-state index in [2.05, 4.69) is 27.6 Å². The first-order valence-corrected chi connectivity index (χ1v) is 10.7. The highest BCUT2D eigenvalue weighted by atomic mass is 32.2. The summed E-state index contributed by atoms with van der Waals surface area (Å²) in [6.07, 6.45) is 0. The van der Waals surface area contributed by atoms with Crippen LogP contribution in [0.15, 0.2) is 84.0 Å². The van der Waals surface area contributed by atoms with Crippen LogP contribution in [-0.2, 0) is 11.8 Å². The van der Waals surface area contributed by atoms with Gasteiger partial charge < -0.3 is 14.6 Å². The maximum absolute atomic E-state index is 12.4. The fourth-order valence-electron chi connectivity index (χ4n) is 3.14. The summed E-state index contributed by atoms with van der Waals surface area (Å²) in [7, 11) is 3.52. The Kier molecular flexibility index (Phi) is 6.33. The number of nitrogens with zero attached hydrogens (tertiary/aromatic N) is 3. The van der Waals surface area contributed by atoms with E-state index in [1.807, 2.05) is 78.3 Å². The number of carbonyl (C=O) groups is 1. The monoisotopic (exact) mass is 430 g/mol. The Morgan fingerprint density at radius 3 is 2.23 bits per heavy atom. The van der Waals surface area contributed by atoms with Crippen molar-refractivity contribution in [2.24, 2.45) is 7.05 Å². The third kappa shape index (κ3) is 4.95. The minimum Gasteiger partial charge on any atom is -0.497 e. The Morgan fingerprint density at radius 1 is 0.903 bits per heavy atom. The van der Waals surface area contributed by atoms with Gasteiger partial charge in [0.2, 0.25) is 5.91 Å². The van der Waals surface area contributed by atoms with E-state index in [-0.39, 0.29) is 11.7 Å². The minimum atomic E-state index is -0.0912. The Balaban J connectivity index is 1.35. The molecule has 0 unspecified atom stereocenters. The van der Waals surface area contributed by atoms with E-state index in [0.717, 1.165) is 34.0 Å². The largest absolute Gasteiger partial charge is 0.497 e. The molecule has 0 aliphatic carbocycles. The summed E-state index contributed by atoms with van der Waals surface area (Å²) in [5, 5.41) is 12.1. The Hall–Kier alpha value is -3.58. The van der Waals surface area contributed by atoms with E-state index in [4.69, 9.17) is 4.74 Å². The summed E-state index contributed by atoms with van der Waals surface area (Å²) in [5.41, 5.74) is 3.96.